The highest BCUT2D eigenvalue weighted by atomic mass is 16.3. The SMILES string of the molecule is Cc1ccc(C(=O)N2CCN(C)C(c3nccn3C)C2)o1. The minimum absolute atomic E-state index is 0.0459. The summed E-state index contributed by atoms with van der Waals surface area (Å²) in [7, 11) is 4.05. The monoisotopic (exact) mass is 288 g/mol. The van der Waals surface area contributed by atoms with Gasteiger partial charge in [-0.2, -0.15) is 0 Å². The van der Waals surface area contributed by atoms with Crippen molar-refractivity contribution < 1.29 is 9.21 Å². The van der Waals surface area contributed by atoms with Crippen LogP contribution in [0.1, 0.15) is 28.2 Å². The number of rotatable bonds is 2. The van der Waals surface area contributed by atoms with E-state index in [4.69, 9.17) is 4.42 Å². The van der Waals surface area contributed by atoms with Crippen LogP contribution < -0.4 is 0 Å². The maximum atomic E-state index is 12.5. The van der Waals surface area contributed by atoms with Crippen LogP contribution in [-0.2, 0) is 7.05 Å². The second kappa shape index (κ2) is 5.37. The number of carbonyl (C=O) groups excluding carboxylic acids is 1. The van der Waals surface area contributed by atoms with Gasteiger partial charge in [0.2, 0.25) is 0 Å². The molecule has 1 amide bonds. The summed E-state index contributed by atoms with van der Waals surface area (Å²) < 4.78 is 7.46. The highest BCUT2D eigenvalue weighted by Gasteiger charge is 2.31. The Hall–Kier alpha value is -2.08. The van der Waals surface area contributed by atoms with Crippen molar-refractivity contribution >= 4 is 5.91 Å². The molecule has 6 nitrogen and oxygen atoms in total. The first-order chi connectivity index (χ1) is 10.1. The van der Waals surface area contributed by atoms with E-state index >= 15 is 0 Å². The number of imidazole rings is 1. The molecule has 1 aliphatic rings. The maximum Gasteiger partial charge on any atom is 0.289 e. The fourth-order valence-corrected chi connectivity index (χ4v) is 2.74. The minimum Gasteiger partial charge on any atom is -0.456 e. The molecule has 3 rings (SSSR count). The molecule has 2 aromatic rings. The molecule has 21 heavy (non-hydrogen) atoms. The van der Waals surface area contributed by atoms with Gasteiger partial charge >= 0.3 is 0 Å². The van der Waals surface area contributed by atoms with E-state index in [1.807, 2.05) is 35.7 Å². The summed E-state index contributed by atoms with van der Waals surface area (Å²) in [5.74, 6) is 2.10. The molecule has 0 aliphatic carbocycles. The number of furan rings is 1. The van der Waals surface area contributed by atoms with Gasteiger partial charge in [-0.15, -0.1) is 0 Å². The largest absolute Gasteiger partial charge is 0.456 e. The van der Waals surface area contributed by atoms with E-state index in [2.05, 4.69) is 16.9 Å². The molecule has 0 spiro atoms. The summed E-state index contributed by atoms with van der Waals surface area (Å²) in [5, 5.41) is 0. The molecule has 1 saturated heterocycles. The lowest BCUT2D eigenvalue weighted by Gasteiger charge is -2.38. The number of hydrogen-bond donors (Lipinski definition) is 0. The number of nitrogens with zero attached hydrogens (tertiary/aromatic N) is 4. The van der Waals surface area contributed by atoms with Crippen LogP contribution in [0.3, 0.4) is 0 Å². The van der Waals surface area contributed by atoms with Crippen LogP contribution in [0, 0.1) is 6.92 Å². The maximum absolute atomic E-state index is 12.5. The van der Waals surface area contributed by atoms with Gasteiger partial charge in [-0.05, 0) is 26.1 Å². The number of aromatic nitrogens is 2. The zero-order chi connectivity index (χ0) is 15.0. The first-order valence-electron chi connectivity index (χ1n) is 7.09. The van der Waals surface area contributed by atoms with E-state index in [9.17, 15) is 4.79 Å². The molecule has 1 fully saturated rings. The second-order valence-corrected chi connectivity index (χ2v) is 5.55. The summed E-state index contributed by atoms with van der Waals surface area (Å²) in [5.41, 5.74) is 0. The first-order valence-corrected chi connectivity index (χ1v) is 7.09. The Bertz CT molecular complexity index is 646. The first kappa shape index (κ1) is 13.9. The number of amides is 1. The normalized spacial score (nSPS) is 20.0. The zero-order valence-corrected chi connectivity index (χ0v) is 12.6. The van der Waals surface area contributed by atoms with Crippen LogP contribution in [0.5, 0.6) is 0 Å². The zero-order valence-electron chi connectivity index (χ0n) is 12.6. The standard InChI is InChI=1S/C15H20N4O2/c1-11-4-5-13(21-11)15(20)19-9-8-17(2)12(10-19)14-16-6-7-18(14)3/h4-7,12H,8-10H2,1-3H3. The molecule has 1 aliphatic heterocycles. The average Bonchev–Trinajstić information content (AvgIpc) is 3.07. The third-order valence-corrected chi connectivity index (χ3v) is 4.04. The van der Waals surface area contributed by atoms with Crippen LogP contribution in [0.25, 0.3) is 0 Å². The molecule has 112 valence electrons. The van der Waals surface area contributed by atoms with Gasteiger partial charge in [-0.3, -0.25) is 9.69 Å². The number of hydrogen-bond acceptors (Lipinski definition) is 4. The average molecular weight is 288 g/mol. The number of piperazine rings is 1. The van der Waals surface area contributed by atoms with Crippen molar-refractivity contribution in [3.05, 3.63) is 41.9 Å². The smallest absolute Gasteiger partial charge is 0.289 e. The molecular weight excluding hydrogens is 268 g/mol. The topological polar surface area (TPSA) is 54.5 Å². The molecular formula is C15H20N4O2. The third-order valence-electron chi connectivity index (χ3n) is 4.04. The van der Waals surface area contributed by atoms with E-state index in [0.717, 1.165) is 18.1 Å². The molecule has 6 heteroatoms. The van der Waals surface area contributed by atoms with Crippen LogP contribution in [0.4, 0.5) is 0 Å². The predicted molar refractivity (Wildman–Crippen MR) is 77.9 cm³/mol. The fraction of sp³-hybridized carbons (Fsp3) is 0.467. The molecule has 2 aromatic heterocycles. The van der Waals surface area contributed by atoms with Crippen molar-refractivity contribution in [3.8, 4) is 0 Å². The minimum atomic E-state index is -0.0459. The summed E-state index contributed by atoms with van der Waals surface area (Å²) in [6, 6.07) is 3.67. The summed E-state index contributed by atoms with van der Waals surface area (Å²) in [6.45, 7) is 4.00. The lowest BCUT2D eigenvalue weighted by Crippen LogP contribution is -2.49. The third kappa shape index (κ3) is 2.58. The van der Waals surface area contributed by atoms with Crippen molar-refractivity contribution in [2.24, 2.45) is 7.05 Å². The molecule has 0 aromatic carbocycles. The van der Waals surface area contributed by atoms with Gasteiger partial charge in [-0.25, -0.2) is 4.98 Å². The lowest BCUT2D eigenvalue weighted by molar-refractivity contribution is 0.0499. The molecule has 0 radical (unpaired) electrons. The Balaban J connectivity index is 1.80. The van der Waals surface area contributed by atoms with Gasteiger partial charge in [-0.1, -0.05) is 0 Å². The van der Waals surface area contributed by atoms with E-state index in [1.54, 1.807) is 12.3 Å². The van der Waals surface area contributed by atoms with Crippen LogP contribution in [0.15, 0.2) is 28.9 Å². The number of aryl methyl sites for hydroxylation is 2. The highest BCUT2D eigenvalue weighted by molar-refractivity contribution is 5.91. The fourth-order valence-electron chi connectivity index (χ4n) is 2.74. The molecule has 1 unspecified atom stereocenters. The Morgan fingerprint density at radius 2 is 2.14 bits per heavy atom. The van der Waals surface area contributed by atoms with Gasteiger partial charge < -0.3 is 13.9 Å². The second-order valence-electron chi connectivity index (χ2n) is 5.55. The molecule has 0 bridgehead atoms. The molecule has 0 N–H and O–H groups in total. The van der Waals surface area contributed by atoms with E-state index in [0.29, 0.717) is 18.8 Å². The van der Waals surface area contributed by atoms with Crippen molar-refractivity contribution in [2.45, 2.75) is 13.0 Å². The Labute approximate surface area is 124 Å². The Kier molecular flexibility index (Phi) is 3.55. The van der Waals surface area contributed by atoms with E-state index < -0.39 is 0 Å². The van der Waals surface area contributed by atoms with Crippen LogP contribution >= 0.6 is 0 Å². The van der Waals surface area contributed by atoms with Crippen molar-refractivity contribution in [1.82, 2.24) is 19.4 Å². The Morgan fingerprint density at radius 3 is 2.76 bits per heavy atom. The van der Waals surface area contributed by atoms with Gasteiger partial charge in [0.25, 0.3) is 5.91 Å². The van der Waals surface area contributed by atoms with Gasteiger partial charge in [0.1, 0.15) is 11.6 Å². The summed E-state index contributed by atoms with van der Waals surface area (Å²) >= 11 is 0. The quantitative estimate of drug-likeness (QED) is 0.839. The van der Waals surface area contributed by atoms with Crippen molar-refractivity contribution in [3.63, 3.8) is 0 Å². The molecule has 1 atom stereocenters. The van der Waals surface area contributed by atoms with Gasteiger partial charge in [0.15, 0.2) is 5.76 Å². The van der Waals surface area contributed by atoms with Gasteiger partial charge in [0.05, 0.1) is 6.04 Å². The van der Waals surface area contributed by atoms with Gasteiger partial charge in [0, 0.05) is 39.1 Å². The molecule has 0 saturated carbocycles. The van der Waals surface area contributed by atoms with Crippen LogP contribution in [0.2, 0.25) is 0 Å². The predicted octanol–water partition coefficient (Wildman–Crippen LogP) is 1.45. The highest BCUT2D eigenvalue weighted by Crippen LogP contribution is 2.23. The molecule has 3 heterocycles. The number of likely N-dealkylation sites (N-methyl/N-ethyl adjacent to an activating group) is 1. The van der Waals surface area contributed by atoms with E-state index in [1.165, 1.54) is 0 Å². The van der Waals surface area contributed by atoms with Crippen molar-refractivity contribution in [2.75, 3.05) is 26.7 Å². The van der Waals surface area contributed by atoms with E-state index in [-0.39, 0.29) is 11.9 Å². The van der Waals surface area contributed by atoms with Crippen LogP contribution in [-0.4, -0.2) is 51.9 Å². The lowest BCUT2D eigenvalue weighted by atomic mass is 10.1. The number of carbonyl (C=O) groups is 1. The Morgan fingerprint density at radius 1 is 1.33 bits per heavy atom. The summed E-state index contributed by atoms with van der Waals surface area (Å²) in [4.78, 5) is 21.0. The van der Waals surface area contributed by atoms with Crippen molar-refractivity contribution in [1.29, 1.82) is 0 Å². The summed E-state index contributed by atoms with van der Waals surface area (Å²) in [6.07, 6.45) is 3.72.